The molecule has 0 aliphatic rings. The van der Waals surface area contributed by atoms with Gasteiger partial charge in [-0.25, -0.2) is 0 Å². The van der Waals surface area contributed by atoms with E-state index >= 15 is 0 Å². The van der Waals surface area contributed by atoms with Gasteiger partial charge in [0, 0.05) is 0 Å². The number of rotatable bonds is 51. The number of carbonyl (C=O) groups excluding carboxylic acids is 22. The fourth-order valence-corrected chi connectivity index (χ4v) is 15.3. The number of ether oxygens (including phenoxy) is 6. The number of nitrogens with two attached hydrogens (primary N) is 1. The number of esters is 6. The molecule has 0 saturated heterocycles. The Hall–Kier alpha value is -6.52. The van der Waals surface area contributed by atoms with Crippen molar-refractivity contribution in [2.24, 2.45) is 5.73 Å². The molecular weight excluding hydrogens is 2750 g/mol. The van der Waals surface area contributed by atoms with Crippen LogP contribution in [0.2, 0.25) is 0 Å². The summed E-state index contributed by atoms with van der Waals surface area (Å²) in [5.74, 6) is -13.3. The molecule has 0 bridgehead atoms. The van der Waals surface area contributed by atoms with Crippen LogP contribution in [0.15, 0.2) is 91.0 Å². The zero-order valence-corrected chi connectivity index (χ0v) is 92.3. The van der Waals surface area contributed by atoms with E-state index in [0.717, 1.165) is 69.5 Å². The average molecular weight is 2870 g/mol. The number of carboxylic acid groups (broad SMARTS) is 4. The maximum absolute atomic E-state index is 12.1. The fraction of sp³-hybridized carbons (Fsp3) is 0.440. The van der Waals surface area contributed by atoms with Gasteiger partial charge in [-0.05, 0) is 0 Å². The van der Waals surface area contributed by atoms with E-state index in [4.69, 9.17) is 93.6 Å². The van der Waals surface area contributed by atoms with Gasteiger partial charge in [0.2, 0.25) is 0 Å². The van der Waals surface area contributed by atoms with Crippen molar-refractivity contribution >= 4 is 200 Å². The van der Waals surface area contributed by atoms with E-state index in [-0.39, 0.29) is 98.2 Å². The Morgan fingerprint density at radius 1 is 0.390 bits per heavy atom. The van der Waals surface area contributed by atoms with Crippen molar-refractivity contribution in [1.82, 2.24) is 26.6 Å². The number of carbonyl (C=O) groups is 22. The van der Waals surface area contributed by atoms with Crippen molar-refractivity contribution in [3.63, 3.8) is 0 Å². The third-order valence-electron chi connectivity index (χ3n) is 14.3. The molecule has 0 aliphatic carbocycles. The molecule has 0 spiro atoms. The van der Waals surface area contributed by atoms with E-state index in [0.29, 0.717) is 16.7 Å². The van der Waals surface area contributed by atoms with Crippen LogP contribution in [0.4, 0.5) is 0 Å². The van der Waals surface area contributed by atoms with E-state index in [1.807, 2.05) is 10.6 Å². The number of aliphatic carboxylic acids is 4. The second-order valence-corrected chi connectivity index (χ2v) is 38.1. The fourth-order valence-electron chi connectivity index (χ4n) is 7.79. The number of hydrogen-bond donors (Lipinski definition) is 15. The van der Waals surface area contributed by atoms with Crippen LogP contribution in [0.3, 0.4) is 0 Å². The number of amides is 5. The molecule has 772 valence electrons. The Kier molecular flexibility index (Phi) is 79.7. The van der Waals surface area contributed by atoms with Crippen LogP contribution in [0.5, 0.6) is 0 Å². The second kappa shape index (κ2) is 86.4. The van der Waals surface area contributed by atoms with Crippen molar-refractivity contribution in [1.29, 1.82) is 4.16 Å². The standard InChI is InChI=1S/C14H17INO5S.C13H14IO5S.C11H17INO7S.C11H13INO3S.C10H15INO7S.2C7H11INO5S.2CO2/c15-22-14(20)13(10-4-2-1-3-5-10)21-12(19)6-8-16-11(18)7-9-17;1-8(13(17)20-14)18-12(16)11(19-9(2)15)10-6-4-3-5-7-10;1-6(11(19)21-12)20-10(18)7(2-3-9(16)17)13-8(15)4-5-14;12-17-9(14)6-7-13-11(16)10(15)8-4-2-1-3-5-8;1-4(13)8(15)12-6(9(16)17)3-7(14)19-5(2)10(18)20-11;1-3(7(13)15-8)14-5(10)2-4(9)6(11)12;1-3(10)6(12)9-4(7(13)14)2-5(11)15-8;2*2-1-3/h1-5,13,15,17H,6-9H2,(H,16,18);3-8,11,14H,1-2H3;6-7,12,14H,2-5H2,1H3,(H,13,15)(H,16,17);1-5,10,12,15H,6-7H2,(H,13,16);4-6,11,13H,3H2,1-2H3,(H,12,15)(H,16,17);3-4,8H,2,9H2,1H3,(H,11,12);3-4,8,10H,2H2,1H3,(H,9,12)(H,13,14);;/q7*-1;;/t13-;8-,11-;6-,7-;10-;4-,5-,6-;2*3-,4-;;/m1000000../s1/i15T;14T;2*12T;11T;2*8T;;. The predicted molar refractivity (Wildman–Crippen MR) is 457 cm³/mol. The number of benzene rings is 3. The number of carboxylic acids is 4. The Balaban J connectivity index is -0.000000380. The Morgan fingerprint density at radius 3 is 1.15 bits per heavy atom. The van der Waals surface area contributed by atoms with E-state index in [2.05, 4.69) is 20.7 Å². The first-order valence-electron chi connectivity index (χ1n) is 39.8. The summed E-state index contributed by atoms with van der Waals surface area (Å²) < 4.78 is 78.5. The first-order valence-corrected chi connectivity index (χ1v) is 60.7. The summed E-state index contributed by atoms with van der Waals surface area (Å²) in [6, 6.07) is 20.2. The quantitative estimate of drug-likeness (QED) is 0.0142. The van der Waals surface area contributed by atoms with Gasteiger partial charge in [-0.3, -0.25) is 0 Å². The second-order valence-electron chi connectivity index (χ2n) is 24.8. The molecule has 0 fully saturated rings. The normalized spacial score (nSPS) is 13.6. The minimum atomic E-state index is -1.56. The summed E-state index contributed by atoms with van der Waals surface area (Å²) >= 11 is -7.21. The van der Waals surface area contributed by atoms with Gasteiger partial charge in [-0.2, -0.15) is 19.2 Å². The molecular formula is C75H98I7N6O41S7-7. The molecule has 47 nitrogen and oxygen atoms in total. The molecule has 16 N–H and O–H groups in total. The molecule has 3 aromatic carbocycles. The number of hydrogen-bond acceptors (Lipinski definition) is 45. The molecule has 136 heavy (non-hydrogen) atoms. The summed E-state index contributed by atoms with van der Waals surface area (Å²) in [5, 5.41) is 88.1. The van der Waals surface area contributed by atoms with Crippen LogP contribution in [0.25, 0.3) is 0 Å². The number of aliphatic hydroxyl groups is 5. The van der Waals surface area contributed by atoms with Crippen molar-refractivity contribution in [3.05, 3.63) is 108 Å². The molecule has 0 radical (unpaired) electrons. The number of aliphatic hydroxyl groups excluding tert-OH is 5. The maximum atomic E-state index is 12.1. The van der Waals surface area contributed by atoms with Crippen molar-refractivity contribution in [2.45, 2.75) is 185 Å². The van der Waals surface area contributed by atoms with E-state index in [1.165, 1.54) is 41.5 Å². The SMILES string of the molecule is O=C=O.O=C=O.[3H][I-]SC(=O)CCNC(=O)[C@@H](O)c1ccccc1.[3H][I-]SC(=O)C[C@H](NC(=O)[C@H](C)O)C(=O)O.[3H][I-]SC(=O)[C@H](C)OC(=O)C[C@H](N)C(=O)O.[3H][I-]SC(=O)[C@H](C)OC(=O)C[C@H](NC(=O)[C@H](C)O)C(=O)O.[3H][I-]SC(=O)[C@H](C)OC(=O)[C@@H](OC(C)=O)c1ccccc1.[3H][I-]SC(=O)[C@H](C)OC(=O)[C@H](CCC(=O)O)NC(=O)CCO.[3H][I-]SC(=O)[C@H](OC(=O)CCNC(=O)CCO)c1ccccc1. The minimum absolute atomic E-state index is 0.0238. The average Bonchev–Trinajstić information content (AvgIpc) is 0.852. The molecule has 0 unspecified atom stereocenters. The van der Waals surface area contributed by atoms with Gasteiger partial charge in [0.05, 0.1) is 0 Å². The summed E-state index contributed by atoms with van der Waals surface area (Å²) in [4.78, 5) is 281. The van der Waals surface area contributed by atoms with Crippen molar-refractivity contribution in [3.8, 4) is 0 Å². The molecule has 0 aliphatic heterocycles. The van der Waals surface area contributed by atoms with Crippen molar-refractivity contribution in [2.75, 3.05) is 26.3 Å². The van der Waals surface area contributed by atoms with Crippen LogP contribution in [0, 0.1) is 0 Å². The Morgan fingerprint density at radius 2 is 0.757 bits per heavy atom. The van der Waals surface area contributed by atoms with Crippen LogP contribution < -0.4 is 179 Å². The molecule has 0 heterocycles. The van der Waals surface area contributed by atoms with E-state index in [1.54, 1.807) is 91.0 Å². The van der Waals surface area contributed by atoms with Crippen LogP contribution in [-0.4, -0.2) is 275 Å². The first-order chi connectivity index (χ1) is 67.3. The van der Waals surface area contributed by atoms with Gasteiger partial charge in [0.1, 0.15) is 0 Å². The van der Waals surface area contributed by atoms with Gasteiger partial charge >= 0.3 is 883 Å². The van der Waals surface area contributed by atoms with Gasteiger partial charge in [-0.1, -0.05) is 0 Å². The van der Waals surface area contributed by atoms with E-state index < -0.39 is 349 Å². The molecule has 0 aromatic heterocycles. The molecule has 3 aromatic rings. The monoisotopic (exact) mass is 2860 g/mol. The van der Waals surface area contributed by atoms with E-state index in [9.17, 15) is 111 Å². The van der Waals surface area contributed by atoms with Crippen LogP contribution in [-0.2, 0) is 153 Å². The van der Waals surface area contributed by atoms with Crippen LogP contribution in [0.1, 0.15) is 141 Å². The van der Waals surface area contributed by atoms with Crippen LogP contribution >= 0.6 is 62.5 Å². The number of halogens is 7. The summed E-state index contributed by atoms with van der Waals surface area (Å²) in [6.45, 7) is 8.60. The zero-order chi connectivity index (χ0) is 111. The van der Waals surface area contributed by atoms with Gasteiger partial charge < -0.3 is 0 Å². The number of nitrogens with one attached hydrogen (secondary N) is 5. The first kappa shape index (κ1) is 126. The molecule has 13 atom stereocenters. The third kappa shape index (κ3) is 73.6. The van der Waals surface area contributed by atoms with Gasteiger partial charge in [0.25, 0.3) is 0 Å². The van der Waals surface area contributed by atoms with Gasteiger partial charge in [-0.15, -0.1) is 0 Å². The molecule has 0 saturated carbocycles. The zero-order valence-electron chi connectivity index (χ0n) is 78.5. The Bertz CT molecular complexity index is 4550. The summed E-state index contributed by atoms with van der Waals surface area (Å²) in [5.41, 5.74) is 6.66. The molecule has 3 rings (SSSR count). The predicted octanol–water partition coefficient (Wildman–Crippen LogP) is -23.4. The molecule has 61 heteroatoms. The topological polar surface area (TPSA) is 767 Å². The Labute approximate surface area is 892 Å². The summed E-state index contributed by atoms with van der Waals surface area (Å²) in [7, 11) is 5.88. The summed E-state index contributed by atoms with van der Waals surface area (Å²) in [6.07, 6.45) is -12.0. The van der Waals surface area contributed by atoms with Gasteiger partial charge in [0.15, 0.2) is 0 Å². The third-order valence-corrected chi connectivity index (χ3v) is 26.7. The molecule has 5 amide bonds. The van der Waals surface area contributed by atoms with Crippen molar-refractivity contribution < 1.29 is 346 Å².